The number of nitriles is 1. The number of hydrogen-bond acceptors (Lipinski definition) is 5. The second kappa shape index (κ2) is 7.42. The second-order valence-electron chi connectivity index (χ2n) is 5.38. The Morgan fingerprint density at radius 2 is 1.81 bits per heavy atom. The minimum Gasteiger partial charge on any atom is -0.495 e. The van der Waals surface area contributed by atoms with E-state index in [1.165, 1.54) is 11.3 Å². The average molecular weight is 367 g/mol. The minimum atomic E-state index is -0.360. The normalized spacial score (nSPS) is 11.4. The molecule has 1 aromatic heterocycles. The summed E-state index contributed by atoms with van der Waals surface area (Å²) in [7, 11) is 3.22. The van der Waals surface area contributed by atoms with E-state index in [9.17, 15) is 4.79 Å². The van der Waals surface area contributed by atoms with E-state index in [0.29, 0.717) is 34.0 Å². The molecule has 0 aliphatic carbocycles. The van der Waals surface area contributed by atoms with Crippen LogP contribution >= 0.6 is 11.3 Å². The number of rotatable bonds is 4. The summed E-state index contributed by atoms with van der Waals surface area (Å²) in [5, 5.41) is 8.87. The monoisotopic (exact) mass is 367 g/mol. The first-order valence-electron chi connectivity index (χ1n) is 7.96. The Kier molecular flexibility index (Phi) is 5.05. The van der Waals surface area contributed by atoms with E-state index in [1.807, 2.05) is 29.7 Å². The first-order valence-corrected chi connectivity index (χ1v) is 8.78. The van der Waals surface area contributed by atoms with Crippen LogP contribution in [0, 0.1) is 11.3 Å². The Morgan fingerprint density at radius 1 is 1.15 bits per heavy atom. The highest BCUT2D eigenvalue weighted by atomic mass is 32.1. The lowest BCUT2D eigenvalue weighted by atomic mass is 10.1. The van der Waals surface area contributed by atoms with Gasteiger partial charge < -0.3 is 14.0 Å². The van der Waals surface area contributed by atoms with E-state index in [4.69, 9.17) is 14.7 Å². The number of thiazole rings is 1. The SMILES string of the molecule is CCn1c(=NC(=O)c2ccc(C#N)cc2)sc2c(OC)ccc(OC)c21. The van der Waals surface area contributed by atoms with Crippen molar-refractivity contribution in [2.45, 2.75) is 13.5 Å². The number of amides is 1. The molecule has 0 bridgehead atoms. The van der Waals surface area contributed by atoms with Crippen molar-refractivity contribution in [3.8, 4) is 17.6 Å². The number of nitrogens with zero attached hydrogens (tertiary/aromatic N) is 3. The first-order chi connectivity index (χ1) is 12.6. The van der Waals surface area contributed by atoms with Crippen LogP contribution in [-0.2, 0) is 6.54 Å². The van der Waals surface area contributed by atoms with Crippen LogP contribution in [0.1, 0.15) is 22.8 Å². The Balaban J connectivity index is 2.18. The topological polar surface area (TPSA) is 76.6 Å². The molecule has 0 saturated heterocycles. The lowest BCUT2D eigenvalue weighted by Crippen LogP contribution is -2.16. The molecular formula is C19H17N3O3S. The fourth-order valence-corrected chi connectivity index (χ4v) is 3.87. The van der Waals surface area contributed by atoms with Gasteiger partial charge in [-0.15, -0.1) is 0 Å². The molecule has 1 amide bonds. The van der Waals surface area contributed by atoms with Gasteiger partial charge in [0.05, 0.1) is 25.9 Å². The molecule has 0 aliphatic heterocycles. The van der Waals surface area contributed by atoms with Gasteiger partial charge in [-0.05, 0) is 43.3 Å². The molecule has 6 nitrogen and oxygen atoms in total. The fourth-order valence-electron chi connectivity index (χ4n) is 2.67. The number of methoxy groups -OCH3 is 2. The minimum absolute atomic E-state index is 0.360. The van der Waals surface area contributed by atoms with Gasteiger partial charge in [0, 0.05) is 12.1 Å². The zero-order valence-corrected chi connectivity index (χ0v) is 15.5. The second-order valence-corrected chi connectivity index (χ2v) is 6.36. The van der Waals surface area contributed by atoms with Crippen molar-refractivity contribution in [1.82, 2.24) is 4.57 Å². The van der Waals surface area contributed by atoms with Gasteiger partial charge in [0.2, 0.25) is 0 Å². The summed E-state index contributed by atoms with van der Waals surface area (Å²) in [6, 6.07) is 12.1. The fraction of sp³-hybridized carbons (Fsp3) is 0.211. The van der Waals surface area contributed by atoms with E-state index in [0.717, 1.165) is 10.2 Å². The number of ether oxygens (including phenoxy) is 2. The number of carbonyl (C=O) groups is 1. The highest BCUT2D eigenvalue weighted by molar-refractivity contribution is 7.16. The standard InChI is InChI=1S/C19H17N3O3S/c1-4-22-16-14(24-2)9-10-15(25-3)17(16)26-19(22)21-18(23)13-7-5-12(11-20)6-8-13/h5-10H,4H2,1-3H3. The lowest BCUT2D eigenvalue weighted by Gasteiger charge is -2.08. The number of hydrogen-bond donors (Lipinski definition) is 0. The van der Waals surface area contributed by atoms with Gasteiger partial charge in [0.1, 0.15) is 21.7 Å². The maximum Gasteiger partial charge on any atom is 0.279 e. The molecule has 0 radical (unpaired) electrons. The van der Waals surface area contributed by atoms with Crippen molar-refractivity contribution >= 4 is 27.5 Å². The van der Waals surface area contributed by atoms with Gasteiger partial charge in [-0.1, -0.05) is 11.3 Å². The Hall–Kier alpha value is -3.11. The molecule has 0 fully saturated rings. The molecule has 0 N–H and O–H groups in total. The predicted molar refractivity (Wildman–Crippen MR) is 99.6 cm³/mol. The van der Waals surface area contributed by atoms with Crippen LogP contribution in [0.25, 0.3) is 10.2 Å². The van der Waals surface area contributed by atoms with E-state index in [2.05, 4.69) is 4.99 Å². The van der Waals surface area contributed by atoms with Crippen LogP contribution in [0.5, 0.6) is 11.5 Å². The number of aryl methyl sites for hydroxylation is 1. The number of fused-ring (bicyclic) bond motifs is 1. The van der Waals surface area contributed by atoms with Gasteiger partial charge in [-0.2, -0.15) is 10.3 Å². The summed E-state index contributed by atoms with van der Waals surface area (Å²) < 4.78 is 13.7. The quantitative estimate of drug-likeness (QED) is 0.708. The predicted octanol–water partition coefficient (Wildman–Crippen LogP) is 3.35. The summed E-state index contributed by atoms with van der Waals surface area (Å²) in [6.07, 6.45) is 0. The zero-order valence-electron chi connectivity index (χ0n) is 14.6. The van der Waals surface area contributed by atoms with Crippen molar-refractivity contribution in [2.75, 3.05) is 14.2 Å². The van der Waals surface area contributed by atoms with Crippen LogP contribution in [-0.4, -0.2) is 24.7 Å². The molecule has 0 spiro atoms. The summed E-state index contributed by atoms with van der Waals surface area (Å²) in [4.78, 5) is 17.4. The molecule has 132 valence electrons. The van der Waals surface area contributed by atoms with Crippen LogP contribution in [0.3, 0.4) is 0 Å². The molecule has 7 heteroatoms. The van der Waals surface area contributed by atoms with Crippen LogP contribution in [0.4, 0.5) is 0 Å². The lowest BCUT2D eigenvalue weighted by molar-refractivity contribution is 0.0998. The average Bonchev–Trinajstić information content (AvgIpc) is 3.05. The highest BCUT2D eigenvalue weighted by Gasteiger charge is 2.16. The molecule has 0 unspecified atom stereocenters. The maximum absolute atomic E-state index is 12.5. The molecule has 0 atom stereocenters. The van der Waals surface area contributed by atoms with Crippen molar-refractivity contribution in [2.24, 2.45) is 4.99 Å². The van der Waals surface area contributed by atoms with Gasteiger partial charge in [0.25, 0.3) is 5.91 Å². The molecule has 3 aromatic rings. The summed E-state index contributed by atoms with van der Waals surface area (Å²) in [6.45, 7) is 2.61. The molecule has 0 saturated carbocycles. The van der Waals surface area contributed by atoms with Gasteiger partial charge in [0.15, 0.2) is 4.80 Å². The van der Waals surface area contributed by atoms with Crippen molar-refractivity contribution in [3.63, 3.8) is 0 Å². The van der Waals surface area contributed by atoms with E-state index in [1.54, 1.807) is 38.5 Å². The zero-order chi connectivity index (χ0) is 18.7. The molecular weight excluding hydrogens is 350 g/mol. The molecule has 1 heterocycles. The Labute approximate surface area is 154 Å². The Bertz CT molecular complexity index is 1070. The number of benzene rings is 2. The number of aromatic nitrogens is 1. The Morgan fingerprint density at radius 3 is 2.38 bits per heavy atom. The summed E-state index contributed by atoms with van der Waals surface area (Å²) >= 11 is 1.38. The third kappa shape index (κ3) is 3.07. The first kappa shape index (κ1) is 17.7. The molecule has 2 aromatic carbocycles. The summed E-state index contributed by atoms with van der Waals surface area (Å²) in [5.41, 5.74) is 1.79. The molecule has 3 rings (SSSR count). The molecule has 26 heavy (non-hydrogen) atoms. The van der Waals surface area contributed by atoms with Gasteiger partial charge >= 0.3 is 0 Å². The van der Waals surface area contributed by atoms with Crippen molar-refractivity contribution in [3.05, 3.63) is 52.3 Å². The van der Waals surface area contributed by atoms with E-state index in [-0.39, 0.29) is 5.91 Å². The van der Waals surface area contributed by atoms with Crippen molar-refractivity contribution in [1.29, 1.82) is 5.26 Å². The van der Waals surface area contributed by atoms with Crippen molar-refractivity contribution < 1.29 is 14.3 Å². The third-order valence-electron chi connectivity index (χ3n) is 3.97. The van der Waals surface area contributed by atoms with Crippen LogP contribution in [0.15, 0.2) is 41.4 Å². The summed E-state index contributed by atoms with van der Waals surface area (Å²) in [5.74, 6) is 1.05. The van der Waals surface area contributed by atoms with Crippen LogP contribution in [0.2, 0.25) is 0 Å². The highest BCUT2D eigenvalue weighted by Crippen LogP contribution is 2.35. The van der Waals surface area contributed by atoms with E-state index < -0.39 is 0 Å². The molecule has 0 aliphatic rings. The van der Waals surface area contributed by atoms with Crippen LogP contribution < -0.4 is 14.3 Å². The van der Waals surface area contributed by atoms with E-state index >= 15 is 0 Å². The smallest absolute Gasteiger partial charge is 0.279 e. The van der Waals surface area contributed by atoms with Gasteiger partial charge in [-0.25, -0.2) is 0 Å². The van der Waals surface area contributed by atoms with Gasteiger partial charge in [-0.3, -0.25) is 4.79 Å². The third-order valence-corrected chi connectivity index (χ3v) is 5.06. The maximum atomic E-state index is 12.5. The number of carbonyl (C=O) groups excluding carboxylic acids is 1. The largest absolute Gasteiger partial charge is 0.495 e.